The lowest BCUT2D eigenvalue weighted by Crippen LogP contribution is -2.45. The highest BCUT2D eigenvalue weighted by atomic mass is 16.5. The molecule has 3 heteroatoms. The first-order valence-electron chi connectivity index (χ1n) is 6.21. The van der Waals surface area contributed by atoms with Gasteiger partial charge in [-0.1, -0.05) is 39.0 Å². The van der Waals surface area contributed by atoms with E-state index < -0.39 is 0 Å². The predicted octanol–water partition coefficient (Wildman–Crippen LogP) is 1.97. The van der Waals surface area contributed by atoms with E-state index >= 15 is 0 Å². The van der Waals surface area contributed by atoms with Crippen LogP contribution in [-0.2, 0) is 6.42 Å². The second-order valence-electron chi connectivity index (χ2n) is 4.62. The molecule has 0 aliphatic carbocycles. The van der Waals surface area contributed by atoms with Crippen LogP contribution in [0.4, 0.5) is 0 Å². The Morgan fingerprint density at radius 3 is 2.47 bits per heavy atom. The summed E-state index contributed by atoms with van der Waals surface area (Å²) >= 11 is 0. The molecule has 3 nitrogen and oxygen atoms in total. The van der Waals surface area contributed by atoms with Gasteiger partial charge in [-0.2, -0.15) is 0 Å². The monoisotopic (exact) mass is 237 g/mol. The van der Waals surface area contributed by atoms with E-state index in [0.717, 1.165) is 17.7 Å². The first-order chi connectivity index (χ1) is 8.10. The van der Waals surface area contributed by atoms with E-state index in [2.05, 4.69) is 6.92 Å². The van der Waals surface area contributed by atoms with Gasteiger partial charge in [0.05, 0.1) is 6.61 Å². The summed E-state index contributed by atoms with van der Waals surface area (Å²) in [6.07, 6.45) is 0.563. The van der Waals surface area contributed by atoms with Gasteiger partial charge in [-0.25, -0.2) is 0 Å². The Morgan fingerprint density at radius 1 is 1.29 bits per heavy atom. The van der Waals surface area contributed by atoms with Crippen molar-refractivity contribution >= 4 is 0 Å². The lowest BCUT2D eigenvalue weighted by molar-refractivity contribution is 0.0803. The molecule has 1 rings (SSSR count). The number of rotatable bonds is 6. The van der Waals surface area contributed by atoms with Crippen LogP contribution < -0.4 is 10.5 Å². The van der Waals surface area contributed by atoms with Crippen molar-refractivity contribution in [3.8, 4) is 5.75 Å². The molecule has 0 bridgehead atoms. The van der Waals surface area contributed by atoms with E-state index in [0.29, 0.717) is 0 Å². The zero-order chi connectivity index (χ0) is 12.8. The lowest BCUT2D eigenvalue weighted by Gasteiger charge is -2.26. The highest BCUT2D eigenvalue weighted by Gasteiger charge is 2.22. The van der Waals surface area contributed by atoms with Crippen molar-refractivity contribution in [2.75, 3.05) is 6.61 Å². The van der Waals surface area contributed by atoms with Gasteiger partial charge in [-0.15, -0.1) is 0 Å². The van der Waals surface area contributed by atoms with E-state index in [4.69, 9.17) is 10.5 Å². The summed E-state index contributed by atoms with van der Waals surface area (Å²) in [5, 5.41) is 9.37. The maximum Gasteiger partial charge on any atom is 0.137 e. The molecule has 2 atom stereocenters. The summed E-state index contributed by atoms with van der Waals surface area (Å²) < 4.78 is 5.83. The second kappa shape index (κ2) is 6.62. The lowest BCUT2D eigenvalue weighted by atomic mass is 10.00. The SMILES string of the molecule is CCc1ccccc1OC(CO)C(N)C(C)C. The highest BCUT2D eigenvalue weighted by Crippen LogP contribution is 2.21. The van der Waals surface area contributed by atoms with Crippen LogP contribution in [0.25, 0.3) is 0 Å². The van der Waals surface area contributed by atoms with Gasteiger partial charge >= 0.3 is 0 Å². The summed E-state index contributed by atoms with van der Waals surface area (Å²) in [4.78, 5) is 0. The van der Waals surface area contributed by atoms with Gasteiger partial charge in [0, 0.05) is 6.04 Å². The Morgan fingerprint density at radius 2 is 1.94 bits per heavy atom. The van der Waals surface area contributed by atoms with Crippen molar-refractivity contribution in [1.29, 1.82) is 0 Å². The Balaban J connectivity index is 2.80. The number of nitrogens with two attached hydrogens (primary N) is 1. The molecule has 0 heterocycles. The van der Waals surface area contributed by atoms with Crippen LogP contribution in [0, 0.1) is 5.92 Å². The van der Waals surface area contributed by atoms with Gasteiger partial charge < -0.3 is 15.6 Å². The Labute approximate surface area is 104 Å². The molecule has 96 valence electrons. The molecule has 0 aliphatic heterocycles. The van der Waals surface area contributed by atoms with E-state index in [1.54, 1.807) is 0 Å². The topological polar surface area (TPSA) is 55.5 Å². The maximum atomic E-state index is 9.37. The molecule has 0 saturated heterocycles. The summed E-state index contributed by atoms with van der Waals surface area (Å²) in [5.41, 5.74) is 7.17. The molecular formula is C14H23NO2. The van der Waals surface area contributed by atoms with Crippen LogP contribution in [0.15, 0.2) is 24.3 Å². The van der Waals surface area contributed by atoms with Gasteiger partial charge in [0.25, 0.3) is 0 Å². The third-order valence-corrected chi connectivity index (χ3v) is 3.01. The van der Waals surface area contributed by atoms with Crippen molar-refractivity contribution in [3.63, 3.8) is 0 Å². The van der Waals surface area contributed by atoms with E-state index in [1.165, 1.54) is 0 Å². The average molecular weight is 237 g/mol. The number of aliphatic hydroxyl groups is 1. The van der Waals surface area contributed by atoms with Crippen LogP contribution in [-0.4, -0.2) is 23.9 Å². The molecule has 1 aromatic carbocycles. The molecule has 0 radical (unpaired) electrons. The predicted molar refractivity (Wildman–Crippen MR) is 70.1 cm³/mol. The first kappa shape index (κ1) is 14.0. The van der Waals surface area contributed by atoms with E-state index in [1.807, 2.05) is 38.1 Å². The number of aryl methyl sites for hydroxylation is 1. The number of hydrogen-bond donors (Lipinski definition) is 2. The van der Waals surface area contributed by atoms with Crippen LogP contribution >= 0.6 is 0 Å². The molecule has 1 aromatic rings. The maximum absolute atomic E-state index is 9.37. The summed E-state index contributed by atoms with van der Waals surface area (Å²) in [5.74, 6) is 1.10. The van der Waals surface area contributed by atoms with Gasteiger partial charge in [0.2, 0.25) is 0 Å². The van der Waals surface area contributed by atoms with Crippen LogP contribution in [0.2, 0.25) is 0 Å². The van der Waals surface area contributed by atoms with Crippen LogP contribution in [0.5, 0.6) is 5.75 Å². The third kappa shape index (κ3) is 3.72. The van der Waals surface area contributed by atoms with Crippen molar-refractivity contribution < 1.29 is 9.84 Å². The Kier molecular flexibility index (Phi) is 5.45. The summed E-state index contributed by atoms with van der Waals surface area (Å²) in [7, 11) is 0. The molecule has 0 aliphatic rings. The molecule has 0 fully saturated rings. The van der Waals surface area contributed by atoms with Gasteiger partial charge in [0.15, 0.2) is 0 Å². The number of para-hydroxylation sites is 1. The fourth-order valence-electron chi connectivity index (χ4n) is 1.74. The minimum absolute atomic E-state index is 0.0581. The van der Waals surface area contributed by atoms with E-state index in [-0.39, 0.29) is 24.7 Å². The largest absolute Gasteiger partial charge is 0.486 e. The molecule has 0 amide bonds. The number of ether oxygens (including phenoxy) is 1. The third-order valence-electron chi connectivity index (χ3n) is 3.01. The molecule has 3 N–H and O–H groups in total. The molecular weight excluding hydrogens is 214 g/mol. The Bertz CT molecular complexity index is 339. The molecule has 0 spiro atoms. The van der Waals surface area contributed by atoms with Crippen LogP contribution in [0.1, 0.15) is 26.3 Å². The van der Waals surface area contributed by atoms with Gasteiger partial charge in [-0.05, 0) is 24.0 Å². The van der Waals surface area contributed by atoms with E-state index in [9.17, 15) is 5.11 Å². The number of aliphatic hydroxyl groups excluding tert-OH is 1. The quantitative estimate of drug-likeness (QED) is 0.795. The highest BCUT2D eigenvalue weighted by molar-refractivity contribution is 5.33. The molecule has 0 saturated carbocycles. The normalized spacial score (nSPS) is 14.7. The van der Waals surface area contributed by atoms with Crippen molar-refractivity contribution in [2.24, 2.45) is 11.7 Å². The standard InChI is InChI=1S/C14H23NO2/c1-4-11-7-5-6-8-12(11)17-13(9-16)14(15)10(2)3/h5-8,10,13-14,16H,4,9,15H2,1-3H3. The van der Waals surface area contributed by atoms with Crippen LogP contribution in [0.3, 0.4) is 0 Å². The number of benzene rings is 1. The fraction of sp³-hybridized carbons (Fsp3) is 0.571. The average Bonchev–Trinajstić information content (AvgIpc) is 2.35. The zero-order valence-corrected chi connectivity index (χ0v) is 10.9. The molecule has 0 aromatic heterocycles. The molecule has 17 heavy (non-hydrogen) atoms. The Hall–Kier alpha value is -1.06. The van der Waals surface area contributed by atoms with Crippen molar-refractivity contribution in [2.45, 2.75) is 39.3 Å². The molecule has 2 unspecified atom stereocenters. The minimum atomic E-state index is -0.345. The van der Waals surface area contributed by atoms with Gasteiger partial charge in [-0.3, -0.25) is 0 Å². The van der Waals surface area contributed by atoms with Crippen molar-refractivity contribution in [3.05, 3.63) is 29.8 Å². The minimum Gasteiger partial charge on any atom is -0.486 e. The zero-order valence-electron chi connectivity index (χ0n) is 10.9. The number of hydrogen-bond acceptors (Lipinski definition) is 3. The first-order valence-corrected chi connectivity index (χ1v) is 6.21. The van der Waals surface area contributed by atoms with Gasteiger partial charge in [0.1, 0.15) is 11.9 Å². The second-order valence-corrected chi connectivity index (χ2v) is 4.62. The smallest absolute Gasteiger partial charge is 0.137 e. The fourth-order valence-corrected chi connectivity index (χ4v) is 1.74. The van der Waals surface area contributed by atoms with Crippen molar-refractivity contribution in [1.82, 2.24) is 0 Å². The summed E-state index contributed by atoms with van der Waals surface area (Å²) in [6.45, 7) is 6.08. The summed E-state index contributed by atoms with van der Waals surface area (Å²) in [6, 6.07) is 7.72.